The lowest BCUT2D eigenvalue weighted by Gasteiger charge is -2.38. The van der Waals surface area contributed by atoms with Gasteiger partial charge in [0.15, 0.2) is 0 Å². The number of benzene rings is 2. The Balaban J connectivity index is 1.59. The van der Waals surface area contributed by atoms with Crippen molar-refractivity contribution in [2.45, 2.75) is 38.3 Å². The summed E-state index contributed by atoms with van der Waals surface area (Å²) >= 11 is 0. The van der Waals surface area contributed by atoms with Crippen molar-refractivity contribution in [1.29, 1.82) is 0 Å². The Morgan fingerprint density at radius 2 is 2.07 bits per heavy atom. The zero-order valence-electron chi connectivity index (χ0n) is 15.7. The van der Waals surface area contributed by atoms with E-state index < -0.39 is 0 Å². The van der Waals surface area contributed by atoms with Gasteiger partial charge in [-0.1, -0.05) is 6.07 Å². The van der Waals surface area contributed by atoms with Crippen LogP contribution >= 0.6 is 0 Å². The standard InChI is InChI=1S/C22H25NO4/c1-13-9-18(26-2)4-5-19(13)22(25)23-21(16-11-17(24)12-16)15-3-6-20-14(10-15)7-8-27-20/h3-6,9-10,16-17,21,24H,7-8,11-12H2,1-2H3,(H,23,25)/t16?,17?,21-/m1/s1. The maximum absolute atomic E-state index is 13.0. The first-order chi connectivity index (χ1) is 13.0. The lowest BCUT2D eigenvalue weighted by Crippen LogP contribution is -2.41. The molecule has 0 bridgehead atoms. The molecule has 0 unspecified atom stereocenters. The Labute approximate surface area is 159 Å². The lowest BCUT2D eigenvalue weighted by molar-refractivity contribution is 0.0235. The van der Waals surface area contributed by atoms with Crippen LogP contribution < -0.4 is 14.8 Å². The fourth-order valence-corrected chi connectivity index (χ4v) is 4.01. The van der Waals surface area contributed by atoms with Crippen molar-refractivity contribution in [1.82, 2.24) is 5.32 Å². The molecule has 1 aliphatic heterocycles. The van der Waals surface area contributed by atoms with E-state index in [9.17, 15) is 9.90 Å². The molecular weight excluding hydrogens is 342 g/mol. The molecule has 2 aromatic rings. The van der Waals surface area contributed by atoms with Crippen LogP contribution in [0.2, 0.25) is 0 Å². The monoisotopic (exact) mass is 367 g/mol. The molecule has 27 heavy (non-hydrogen) atoms. The highest BCUT2D eigenvalue weighted by Gasteiger charge is 2.36. The molecule has 1 fully saturated rings. The quantitative estimate of drug-likeness (QED) is 0.852. The van der Waals surface area contributed by atoms with Crippen LogP contribution in [0.5, 0.6) is 11.5 Å². The largest absolute Gasteiger partial charge is 0.497 e. The van der Waals surface area contributed by atoms with Crippen LogP contribution in [0, 0.1) is 12.8 Å². The van der Waals surface area contributed by atoms with Crippen LogP contribution in [0.15, 0.2) is 36.4 Å². The Kier molecular flexibility index (Phi) is 4.79. The number of aliphatic hydroxyl groups is 1. The first-order valence-corrected chi connectivity index (χ1v) is 9.44. The van der Waals surface area contributed by atoms with Gasteiger partial charge in [-0.25, -0.2) is 0 Å². The van der Waals surface area contributed by atoms with Gasteiger partial charge in [0.25, 0.3) is 5.91 Å². The molecule has 142 valence electrons. The number of fused-ring (bicyclic) bond motifs is 1. The second-order valence-electron chi connectivity index (χ2n) is 7.48. The van der Waals surface area contributed by atoms with E-state index >= 15 is 0 Å². The molecule has 2 aliphatic rings. The van der Waals surface area contributed by atoms with Gasteiger partial charge in [-0.15, -0.1) is 0 Å². The predicted octanol–water partition coefficient (Wildman–Crippen LogP) is 3.18. The Hall–Kier alpha value is -2.53. The lowest BCUT2D eigenvalue weighted by atomic mass is 9.74. The third kappa shape index (κ3) is 3.52. The van der Waals surface area contributed by atoms with E-state index in [1.165, 1.54) is 5.56 Å². The number of aliphatic hydroxyl groups excluding tert-OH is 1. The fourth-order valence-electron chi connectivity index (χ4n) is 4.01. The summed E-state index contributed by atoms with van der Waals surface area (Å²) in [7, 11) is 1.62. The number of aryl methyl sites for hydroxylation is 1. The van der Waals surface area contributed by atoms with E-state index in [2.05, 4.69) is 11.4 Å². The average molecular weight is 367 g/mol. The normalized spacial score (nSPS) is 21.6. The van der Waals surface area contributed by atoms with Gasteiger partial charge in [0.2, 0.25) is 0 Å². The third-order valence-corrected chi connectivity index (χ3v) is 5.66. The molecule has 1 heterocycles. The van der Waals surface area contributed by atoms with Crippen LogP contribution in [0.25, 0.3) is 0 Å². The first kappa shape index (κ1) is 17.9. The Morgan fingerprint density at radius 3 is 2.78 bits per heavy atom. The second-order valence-corrected chi connectivity index (χ2v) is 7.48. The van der Waals surface area contributed by atoms with E-state index in [0.717, 1.165) is 29.0 Å². The summed E-state index contributed by atoms with van der Waals surface area (Å²) in [5, 5.41) is 13.0. The van der Waals surface area contributed by atoms with Gasteiger partial charge in [-0.2, -0.15) is 0 Å². The first-order valence-electron chi connectivity index (χ1n) is 9.44. The molecule has 1 atom stereocenters. The minimum Gasteiger partial charge on any atom is -0.497 e. The summed E-state index contributed by atoms with van der Waals surface area (Å²) in [6.07, 6.45) is 2.05. The van der Waals surface area contributed by atoms with Gasteiger partial charge >= 0.3 is 0 Å². The van der Waals surface area contributed by atoms with E-state index in [0.29, 0.717) is 25.0 Å². The number of carbonyl (C=O) groups excluding carboxylic acids is 1. The van der Waals surface area contributed by atoms with Crippen molar-refractivity contribution in [2.75, 3.05) is 13.7 Å². The van der Waals surface area contributed by atoms with Gasteiger partial charge in [-0.3, -0.25) is 4.79 Å². The molecule has 1 aliphatic carbocycles. The summed E-state index contributed by atoms with van der Waals surface area (Å²) < 4.78 is 10.8. The van der Waals surface area contributed by atoms with E-state index in [1.807, 2.05) is 25.1 Å². The van der Waals surface area contributed by atoms with Gasteiger partial charge < -0.3 is 19.9 Å². The molecule has 5 heteroatoms. The maximum atomic E-state index is 13.0. The molecule has 0 radical (unpaired) electrons. The van der Waals surface area contributed by atoms with E-state index in [4.69, 9.17) is 9.47 Å². The highest BCUT2D eigenvalue weighted by molar-refractivity contribution is 5.96. The van der Waals surface area contributed by atoms with Crippen LogP contribution in [-0.2, 0) is 6.42 Å². The molecule has 2 N–H and O–H groups in total. The topological polar surface area (TPSA) is 67.8 Å². The molecule has 5 nitrogen and oxygen atoms in total. The maximum Gasteiger partial charge on any atom is 0.252 e. The minimum atomic E-state index is -0.269. The summed E-state index contributed by atoms with van der Waals surface area (Å²) in [6, 6.07) is 11.5. The Bertz CT molecular complexity index is 857. The van der Waals surface area contributed by atoms with Gasteiger partial charge in [0, 0.05) is 12.0 Å². The van der Waals surface area contributed by atoms with Crippen LogP contribution in [0.4, 0.5) is 0 Å². The molecule has 0 aromatic heterocycles. The number of hydrogen-bond donors (Lipinski definition) is 2. The van der Waals surface area contributed by atoms with Crippen molar-refractivity contribution in [3.63, 3.8) is 0 Å². The smallest absolute Gasteiger partial charge is 0.252 e. The molecule has 0 spiro atoms. The van der Waals surface area contributed by atoms with Gasteiger partial charge in [0.05, 0.1) is 25.9 Å². The average Bonchev–Trinajstić information content (AvgIpc) is 3.11. The molecule has 0 saturated heterocycles. The van der Waals surface area contributed by atoms with Crippen molar-refractivity contribution < 1.29 is 19.4 Å². The summed E-state index contributed by atoms with van der Waals surface area (Å²) in [5.41, 5.74) is 3.79. The van der Waals surface area contributed by atoms with Crippen LogP contribution in [0.1, 0.15) is 45.9 Å². The van der Waals surface area contributed by atoms with Crippen molar-refractivity contribution in [3.05, 3.63) is 58.7 Å². The number of methoxy groups -OCH3 is 1. The minimum absolute atomic E-state index is 0.0988. The highest BCUT2D eigenvalue weighted by Crippen LogP contribution is 2.40. The SMILES string of the molecule is COc1ccc(C(=O)N[C@H](c2ccc3c(c2)CCO3)C2CC(O)C2)c(C)c1. The van der Waals surface area contributed by atoms with E-state index in [1.54, 1.807) is 19.2 Å². The molecular formula is C22H25NO4. The van der Waals surface area contributed by atoms with Crippen molar-refractivity contribution >= 4 is 5.91 Å². The zero-order valence-corrected chi connectivity index (χ0v) is 15.7. The van der Waals surface area contributed by atoms with Crippen LogP contribution in [0.3, 0.4) is 0 Å². The molecule has 1 saturated carbocycles. The number of carbonyl (C=O) groups is 1. The van der Waals surface area contributed by atoms with Crippen LogP contribution in [-0.4, -0.2) is 30.8 Å². The third-order valence-electron chi connectivity index (χ3n) is 5.66. The predicted molar refractivity (Wildman–Crippen MR) is 102 cm³/mol. The molecule has 2 aromatic carbocycles. The number of ether oxygens (including phenoxy) is 2. The number of rotatable bonds is 5. The summed E-state index contributed by atoms with van der Waals surface area (Å²) in [6.45, 7) is 2.62. The Morgan fingerprint density at radius 1 is 1.26 bits per heavy atom. The number of amides is 1. The van der Waals surface area contributed by atoms with Crippen molar-refractivity contribution in [3.8, 4) is 11.5 Å². The number of nitrogens with one attached hydrogen (secondary N) is 1. The second kappa shape index (κ2) is 7.24. The highest BCUT2D eigenvalue weighted by atomic mass is 16.5. The molecule has 4 rings (SSSR count). The van der Waals surface area contributed by atoms with Crippen molar-refractivity contribution in [2.24, 2.45) is 5.92 Å². The zero-order chi connectivity index (χ0) is 19.0. The fraction of sp³-hybridized carbons (Fsp3) is 0.409. The number of hydrogen-bond acceptors (Lipinski definition) is 4. The summed E-state index contributed by atoms with van der Waals surface area (Å²) in [5.74, 6) is 1.81. The van der Waals surface area contributed by atoms with Gasteiger partial charge in [-0.05, 0) is 72.7 Å². The molecule has 1 amide bonds. The van der Waals surface area contributed by atoms with E-state index in [-0.39, 0.29) is 24.0 Å². The van der Waals surface area contributed by atoms with Gasteiger partial charge in [0.1, 0.15) is 11.5 Å². The summed E-state index contributed by atoms with van der Waals surface area (Å²) in [4.78, 5) is 13.0.